The second-order valence-electron chi connectivity index (χ2n) is 5.72. The van der Waals surface area contributed by atoms with E-state index in [9.17, 15) is 14.4 Å². The Labute approximate surface area is 174 Å². The second-order valence-corrected chi connectivity index (χ2v) is 8.17. The summed E-state index contributed by atoms with van der Waals surface area (Å²) in [4.78, 5) is 38.0. The quantitative estimate of drug-likeness (QED) is 0.683. The van der Waals surface area contributed by atoms with E-state index in [0.717, 1.165) is 16.7 Å². The number of rotatable bonds is 5. The lowest BCUT2D eigenvalue weighted by Gasteiger charge is -2.15. The third-order valence-electron chi connectivity index (χ3n) is 3.81. The number of thioether (sulfide) groups is 1. The number of nitrogens with zero attached hydrogens (tertiary/aromatic N) is 1. The number of halogens is 3. The zero-order chi connectivity index (χ0) is 19.6. The van der Waals surface area contributed by atoms with Crippen molar-refractivity contribution in [3.05, 3.63) is 57.5 Å². The van der Waals surface area contributed by atoms with Crippen LogP contribution in [0, 0.1) is 0 Å². The first-order valence-corrected chi connectivity index (χ1v) is 10.0. The van der Waals surface area contributed by atoms with Crippen molar-refractivity contribution in [3.8, 4) is 0 Å². The standard InChI is InChI=1S/C18H13Cl3N2O3S/c19-10-1-3-11(4-2-10)22-16(24)9-27-15-8-17(25)23(18(15)26)12-5-6-13(20)14(21)7-12/h1-7,15H,8-9H2,(H,22,24)/t15-/m0/s1. The zero-order valence-electron chi connectivity index (χ0n) is 13.7. The molecule has 0 bridgehead atoms. The predicted octanol–water partition coefficient (Wildman–Crippen LogP) is 4.65. The van der Waals surface area contributed by atoms with Gasteiger partial charge < -0.3 is 5.32 Å². The largest absolute Gasteiger partial charge is 0.325 e. The highest BCUT2D eigenvalue weighted by molar-refractivity contribution is 8.01. The van der Waals surface area contributed by atoms with Crippen LogP contribution < -0.4 is 10.2 Å². The zero-order valence-corrected chi connectivity index (χ0v) is 16.8. The van der Waals surface area contributed by atoms with Gasteiger partial charge in [-0.25, -0.2) is 4.90 Å². The third kappa shape index (κ3) is 4.76. The van der Waals surface area contributed by atoms with Gasteiger partial charge in [0.25, 0.3) is 0 Å². The molecule has 0 radical (unpaired) electrons. The molecule has 1 heterocycles. The van der Waals surface area contributed by atoms with Gasteiger partial charge in [0.1, 0.15) is 0 Å². The summed E-state index contributed by atoms with van der Waals surface area (Å²) < 4.78 is 0. The Morgan fingerprint density at radius 3 is 2.44 bits per heavy atom. The Morgan fingerprint density at radius 1 is 1.07 bits per heavy atom. The van der Waals surface area contributed by atoms with Crippen LogP contribution in [0.5, 0.6) is 0 Å². The number of carbonyl (C=O) groups is 3. The number of carbonyl (C=O) groups excluding carboxylic acids is 3. The van der Waals surface area contributed by atoms with Gasteiger partial charge in [0.05, 0.1) is 26.7 Å². The first-order valence-electron chi connectivity index (χ1n) is 7.84. The molecule has 2 aromatic carbocycles. The summed E-state index contributed by atoms with van der Waals surface area (Å²) >= 11 is 18.8. The molecule has 27 heavy (non-hydrogen) atoms. The molecule has 0 unspecified atom stereocenters. The van der Waals surface area contributed by atoms with Gasteiger partial charge >= 0.3 is 0 Å². The van der Waals surface area contributed by atoms with E-state index in [0.29, 0.717) is 21.4 Å². The van der Waals surface area contributed by atoms with Gasteiger partial charge in [0.2, 0.25) is 17.7 Å². The lowest BCUT2D eigenvalue weighted by molar-refractivity contribution is -0.121. The van der Waals surface area contributed by atoms with Crippen LogP contribution in [0.1, 0.15) is 6.42 Å². The van der Waals surface area contributed by atoms with Crippen LogP contribution in [0.15, 0.2) is 42.5 Å². The van der Waals surface area contributed by atoms with Crippen molar-refractivity contribution in [2.24, 2.45) is 0 Å². The fourth-order valence-electron chi connectivity index (χ4n) is 2.54. The third-order valence-corrected chi connectivity index (χ3v) is 6.00. The highest BCUT2D eigenvalue weighted by Gasteiger charge is 2.40. The van der Waals surface area contributed by atoms with Crippen molar-refractivity contribution in [1.82, 2.24) is 0 Å². The Morgan fingerprint density at radius 2 is 1.78 bits per heavy atom. The molecule has 1 aliphatic heterocycles. The molecule has 2 aromatic rings. The molecule has 1 aliphatic rings. The minimum atomic E-state index is -0.622. The summed E-state index contributed by atoms with van der Waals surface area (Å²) in [5.41, 5.74) is 0.976. The number of imide groups is 1. The number of amides is 3. The van der Waals surface area contributed by atoms with E-state index in [1.807, 2.05) is 0 Å². The van der Waals surface area contributed by atoms with E-state index in [1.165, 1.54) is 12.1 Å². The minimum Gasteiger partial charge on any atom is -0.325 e. The maximum Gasteiger partial charge on any atom is 0.247 e. The van der Waals surface area contributed by atoms with Gasteiger partial charge in [-0.05, 0) is 42.5 Å². The van der Waals surface area contributed by atoms with Crippen molar-refractivity contribution < 1.29 is 14.4 Å². The predicted molar refractivity (Wildman–Crippen MR) is 110 cm³/mol. The van der Waals surface area contributed by atoms with E-state index < -0.39 is 5.25 Å². The van der Waals surface area contributed by atoms with Crippen LogP contribution >= 0.6 is 46.6 Å². The molecule has 0 saturated carbocycles. The maximum atomic E-state index is 12.6. The summed E-state index contributed by atoms with van der Waals surface area (Å²) in [5, 5.41) is 3.26. The molecule has 140 valence electrons. The molecule has 0 aliphatic carbocycles. The topological polar surface area (TPSA) is 66.5 Å². The van der Waals surface area contributed by atoms with E-state index in [-0.39, 0.29) is 34.9 Å². The van der Waals surface area contributed by atoms with Gasteiger partial charge in [-0.2, -0.15) is 0 Å². The van der Waals surface area contributed by atoms with Crippen LogP contribution in [-0.4, -0.2) is 28.7 Å². The fourth-order valence-corrected chi connectivity index (χ4v) is 3.89. The van der Waals surface area contributed by atoms with Crippen LogP contribution in [-0.2, 0) is 14.4 Å². The first-order chi connectivity index (χ1) is 12.8. The van der Waals surface area contributed by atoms with Gasteiger partial charge in [-0.15, -0.1) is 11.8 Å². The lowest BCUT2D eigenvalue weighted by atomic mass is 10.3. The number of nitrogens with one attached hydrogen (secondary N) is 1. The number of benzene rings is 2. The Hall–Kier alpha value is -1.73. The number of hydrogen-bond donors (Lipinski definition) is 1. The Bertz CT molecular complexity index is 905. The van der Waals surface area contributed by atoms with E-state index >= 15 is 0 Å². The Balaban J connectivity index is 1.60. The van der Waals surface area contributed by atoms with Crippen LogP contribution in [0.4, 0.5) is 11.4 Å². The van der Waals surface area contributed by atoms with Gasteiger partial charge in [0, 0.05) is 17.1 Å². The molecular weight excluding hydrogens is 431 g/mol. The summed E-state index contributed by atoms with van der Waals surface area (Å²) in [5.74, 6) is -0.936. The molecular formula is C18H13Cl3N2O3S. The molecule has 0 aromatic heterocycles. The SMILES string of the molecule is O=C(CS[C@H]1CC(=O)N(c2ccc(Cl)c(Cl)c2)C1=O)Nc1ccc(Cl)cc1. The molecule has 1 N–H and O–H groups in total. The summed E-state index contributed by atoms with van der Waals surface area (Å²) in [6, 6.07) is 11.3. The molecule has 5 nitrogen and oxygen atoms in total. The highest BCUT2D eigenvalue weighted by atomic mass is 35.5. The van der Waals surface area contributed by atoms with Gasteiger partial charge in [-0.1, -0.05) is 34.8 Å². The fraction of sp³-hybridized carbons (Fsp3) is 0.167. The van der Waals surface area contributed by atoms with E-state index in [2.05, 4.69) is 5.32 Å². The van der Waals surface area contributed by atoms with Crippen molar-refractivity contribution in [2.75, 3.05) is 16.0 Å². The maximum absolute atomic E-state index is 12.6. The minimum absolute atomic E-state index is 0.0258. The highest BCUT2D eigenvalue weighted by Crippen LogP contribution is 2.33. The van der Waals surface area contributed by atoms with Crippen LogP contribution in [0.2, 0.25) is 15.1 Å². The van der Waals surface area contributed by atoms with E-state index in [4.69, 9.17) is 34.8 Å². The molecule has 9 heteroatoms. The van der Waals surface area contributed by atoms with Crippen molar-refractivity contribution in [1.29, 1.82) is 0 Å². The molecule has 1 fully saturated rings. The Kier molecular flexibility index (Phi) is 6.32. The molecule has 3 rings (SSSR count). The van der Waals surface area contributed by atoms with Crippen molar-refractivity contribution in [2.45, 2.75) is 11.7 Å². The van der Waals surface area contributed by atoms with Crippen molar-refractivity contribution >= 4 is 75.7 Å². The molecule has 1 saturated heterocycles. The van der Waals surface area contributed by atoms with Crippen molar-refractivity contribution in [3.63, 3.8) is 0 Å². The molecule has 0 spiro atoms. The monoisotopic (exact) mass is 442 g/mol. The number of anilines is 2. The average molecular weight is 444 g/mol. The number of hydrogen-bond acceptors (Lipinski definition) is 4. The normalized spacial score (nSPS) is 16.7. The van der Waals surface area contributed by atoms with Gasteiger partial charge in [0.15, 0.2) is 0 Å². The average Bonchev–Trinajstić information content (AvgIpc) is 2.91. The summed E-state index contributed by atoms with van der Waals surface area (Å²) in [6.45, 7) is 0. The van der Waals surface area contributed by atoms with Crippen LogP contribution in [0.25, 0.3) is 0 Å². The first kappa shape index (κ1) is 20.0. The lowest BCUT2D eigenvalue weighted by Crippen LogP contribution is -2.31. The second kappa shape index (κ2) is 8.52. The van der Waals surface area contributed by atoms with E-state index in [1.54, 1.807) is 30.3 Å². The molecule has 3 amide bonds. The summed E-state index contributed by atoms with van der Waals surface area (Å²) in [6.07, 6.45) is 0.0258. The molecule has 1 atom stereocenters. The van der Waals surface area contributed by atoms with Crippen LogP contribution in [0.3, 0.4) is 0 Å². The van der Waals surface area contributed by atoms with Gasteiger partial charge in [-0.3, -0.25) is 14.4 Å². The summed E-state index contributed by atoms with van der Waals surface area (Å²) in [7, 11) is 0. The smallest absolute Gasteiger partial charge is 0.247 e.